The molecule has 2 aromatic rings. The lowest BCUT2D eigenvalue weighted by Gasteiger charge is -2.44. The van der Waals surface area contributed by atoms with E-state index in [4.69, 9.17) is 0 Å². The molecule has 1 fully saturated rings. The molecular formula is C23H29N3O2. The molecular weight excluding hydrogens is 350 g/mol. The van der Waals surface area contributed by atoms with Crippen molar-refractivity contribution in [3.8, 4) is 11.1 Å². The van der Waals surface area contributed by atoms with Gasteiger partial charge in [-0.05, 0) is 49.3 Å². The van der Waals surface area contributed by atoms with E-state index in [1.807, 2.05) is 42.1 Å². The van der Waals surface area contributed by atoms with Gasteiger partial charge in [-0.15, -0.1) is 0 Å². The first kappa shape index (κ1) is 19.0. The number of carbonyl (C=O) groups excluding carboxylic acids is 1. The molecule has 0 saturated carbocycles. The van der Waals surface area contributed by atoms with Gasteiger partial charge in [0.15, 0.2) is 0 Å². The van der Waals surface area contributed by atoms with Crippen LogP contribution in [0.1, 0.15) is 18.0 Å². The second kappa shape index (κ2) is 7.57. The van der Waals surface area contributed by atoms with Crippen LogP contribution in [0.4, 0.5) is 5.69 Å². The zero-order valence-corrected chi connectivity index (χ0v) is 16.9. The quantitative estimate of drug-likeness (QED) is 0.887. The van der Waals surface area contributed by atoms with Crippen LogP contribution in [0.3, 0.4) is 0 Å². The van der Waals surface area contributed by atoms with E-state index in [1.54, 1.807) is 0 Å². The number of hydrogen-bond donors (Lipinski definition) is 1. The average molecular weight is 380 g/mol. The third kappa shape index (κ3) is 3.19. The molecule has 1 N–H and O–H groups in total. The molecule has 5 heteroatoms. The predicted octanol–water partition coefficient (Wildman–Crippen LogP) is 2.62. The lowest BCUT2D eigenvalue weighted by molar-refractivity contribution is -0.133. The molecule has 148 valence electrons. The summed E-state index contributed by atoms with van der Waals surface area (Å²) in [5.41, 5.74) is 4.66. The van der Waals surface area contributed by atoms with E-state index < -0.39 is 0 Å². The number of likely N-dealkylation sites (N-methyl/N-ethyl adjacent to an activating group) is 2. The molecule has 2 aromatic carbocycles. The molecule has 28 heavy (non-hydrogen) atoms. The maximum atomic E-state index is 13.0. The first-order valence-electron chi connectivity index (χ1n) is 9.98. The zero-order chi connectivity index (χ0) is 19.8. The largest absolute Gasteiger partial charge is 0.394 e. The number of aliphatic hydroxyl groups is 1. The minimum Gasteiger partial charge on any atom is -0.394 e. The summed E-state index contributed by atoms with van der Waals surface area (Å²) < 4.78 is 0. The van der Waals surface area contributed by atoms with E-state index in [0.717, 1.165) is 18.7 Å². The molecule has 2 aliphatic rings. The molecule has 5 nitrogen and oxygen atoms in total. The lowest BCUT2D eigenvalue weighted by Crippen LogP contribution is -2.49. The van der Waals surface area contributed by atoms with E-state index in [1.165, 1.54) is 16.7 Å². The van der Waals surface area contributed by atoms with Gasteiger partial charge in [0.1, 0.15) is 0 Å². The first-order chi connectivity index (χ1) is 13.5. The van der Waals surface area contributed by atoms with Crippen molar-refractivity contribution in [3.63, 3.8) is 0 Å². The number of amides is 1. The summed E-state index contributed by atoms with van der Waals surface area (Å²) in [5.74, 6) is 0.412. The van der Waals surface area contributed by atoms with Gasteiger partial charge in [-0.3, -0.25) is 4.79 Å². The smallest absolute Gasteiger partial charge is 0.237 e. The SMILES string of the molecule is CN(C)CC(=O)N1CC[C@@H]2[C@H]1c1cc(-c3ccccc3)ccc1N(C)[C@H]2CO. The van der Waals surface area contributed by atoms with Crippen molar-refractivity contribution < 1.29 is 9.90 Å². The summed E-state index contributed by atoms with van der Waals surface area (Å²) in [6.07, 6.45) is 0.925. The second-order valence-corrected chi connectivity index (χ2v) is 8.22. The molecule has 1 saturated heterocycles. The highest BCUT2D eigenvalue weighted by atomic mass is 16.3. The van der Waals surface area contributed by atoms with Crippen molar-refractivity contribution in [1.82, 2.24) is 9.80 Å². The van der Waals surface area contributed by atoms with Crippen molar-refractivity contribution in [2.75, 3.05) is 45.7 Å². The topological polar surface area (TPSA) is 47.0 Å². The standard InChI is InChI=1S/C23H29N3O2/c1-24(2)14-22(28)26-12-11-18-21(15-27)25(3)20-10-9-17(13-19(20)23(18)26)16-7-5-4-6-8-16/h4-10,13,18,21,23,27H,11-12,14-15H2,1-3H3/t18-,21-,23-/m0/s1. The van der Waals surface area contributed by atoms with Gasteiger partial charge in [-0.2, -0.15) is 0 Å². The van der Waals surface area contributed by atoms with Crippen molar-refractivity contribution in [2.24, 2.45) is 5.92 Å². The van der Waals surface area contributed by atoms with Gasteiger partial charge in [0.2, 0.25) is 5.91 Å². The van der Waals surface area contributed by atoms with Crippen LogP contribution >= 0.6 is 0 Å². The highest BCUT2D eigenvalue weighted by Crippen LogP contribution is 2.49. The van der Waals surface area contributed by atoms with Crippen LogP contribution in [0.25, 0.3) is 11.1 Å². The molecule has 0 bridgehead atoms. The van der Waals surface area contributed by atoms with Crippen LogP contribution in [0.15, 0.2) is 48.5 Å². The lowest BCUT2D eigenvalue weighted by atomic mass is 9.81. The molecule has 2 heterocycles. The minimum absolute atomic E-state index is 0.0273. The summed E-state index contributed by atoms with van der Waals surface area (Å²) in [5, 5.41) is 10.1. The highest BCUT2D eigenvalue weighted by molar-refractivity contribution is 5.80. The Labute approximate surface area is 167 Å². The maximum Gasteiger partial charge on any atom is 0.237 e. The fourth-order valence-electron chi connectivity index (χ4n) is 4.91. The van der Waals surface area contributed by atoms with Crippen molar-refractivity contribution in [2.45, 2.75) is 18.5 Å². The Balaban J connectivity index is 1.79. The Morgan fingerprint density at radius 3 is 2.57 bits per heavy atom. The number of carbonyl (C=O) groups is 1. The van der Waals surface area contributed by atoms with Gasteiger partial charge >= 0.3 is 0 Å². The number of nitrogens with zero attached hydrogens (tertiary/aromatic N) is 3. The van der Waals surface area contributed by atoms with Gasteiger partial charge in [-0.1, -0.05) is 36.4 Å². The number of rotatable bonds is 4. The van der Waals surface area contributed by atoms with Gasteiger partial charge in [-0.25, -0.2) is 0 Å². The van der Waals surface area contributed by atoms with Gasteiger partial charge < -0.3 is 19.8 Å². The number of benzene rings is 2. The fourth-order valence-corrected chi connectivity index (χ4v) is 4.91. The molecule has 0 aromatic heterocycles. The van der Waals surface area contributed by atoms with Crippen LogP contribution in [0.2, 0.25) is 0 Å². The molecule has 0 radical (unpaired) electrons. The normalized spacial score (nSPS) is 23.7. The van der Waals surface area contributed by atoms with Crippen LogP contribution in [0, 0.1) is 5.92 Å². The number of anilines is 1. The summed E-state index contributed by atoms with van der Waals surface area (Å²) in [6.45, 7) is 1.27. The summed E-state index contributed by atoms with van der Waals surface area (Å²) in [4.78, 5) is 19.1. The molecule has 0 spiro atoms. The Hall–Kier alpha value is -2.37. The molecule has 0 unspecified atom stereocenters. The van der Waals surface area contributed by atoms with E-state index >= 15 is 0 Å². The second-order valence-electron chi connectivity index (χ2n) is 8.22. The molecule has 4 rings (SSSR count). The summed E-state index contributed by atoms with van der Waals surface area (Å²) in [7, 11) is 5.92. The van der Waals surface area contributed by atoms with Gasteiger partial charge in [0.05, 0.1) is 25.2 Å². The van der Waals surface area contributed by atoms with Gasteiger partial charge in [0, 0.05) is 25.2 Å². The third-order valence-corrected chi connectivity index (χ3v) is 6.23. The number of aliphatic hydroxyl groups excluding tert-OH is 1. The third-order valence-electron chi connectivity index (χ3n) is 6.23. The van der Waals surface area contributed by atoms with E-state index in [9.17, 15) is 9.90 Å². The van der Waals surface area contributed by atoms with E-state index in [-0.39, 0.29) is 30.5 Å². The molecule has 2 aliphatic heterocycles. The predicted molar refractivity (Wildman–Crippen MR) is 112 cm³/mol. The van der Waals surface area contributed by atoms with E-state index in [2.05, 4.69) is 42.3 Å². The number of likely N-dealkylation sites (tertiary alicyclic amines) is 1. The van der Waals surface area contributed by atoms with Crippen LogP contribution in [0.5, 0.6) is 0 Å². The summed E-state index contributed by atoms with van der Waals surface area (Å²) >= 11 is 0. The van der Waals surface area contributed by atoms with Crippen LogP contribution < -0.4 is 4.90 Å². The fraction of sp³-hybridized carbons (Fsp3) is 0.435. The Morgan fingerprint density at radius 2 is 1.89 bits per heavy atom. The average Bonchev–Trinajstić information content (AvgIpc) is 3.13. The first-order valence-corrected chi connectivity index (χ1v) is 9.98. The zero-order valence-electron chi connectivity index (χ0n) is 16.9. The molecule has 1 amide bonds. The number of fused-ring (bicyclic) bond motifs is 3. The Bertz CT molecular complexity index is 852. The van der Waals surface area contributed by atoms with E-state index in [0.29, 0.717) is 6.54 Å². The highest BCUT2D eigenvalue weighted by Gasteiger charge is 2.47. The van der Waals surface area contributed by atoms with Crippen molar-refractivity contribution in [3.05, 3.63) is 54.1 Å². The Kier molecular flexibility index (Phi) is 5.13. The number of hydrogen-bond acceptors (Lipinski definition) is 4. The molecule has 0 aliphatic carbocycles. The Morgan fingerprint density at radius 1 is 1.14 bits per heavy atom. The van der Waals surface area contributed by atoms with Crippen LogP contribution in [-0.4, -0.2) is 67.7 Å². The molecule has 3 atom stereocenters. The van der Waals surface area contributed by atoms with Crippen molar-refractivity contribution in [1.29, 1.82) is 0 Å². The van der Waals surface area contributed by atoms with Gasteiger partial charge in [0.25, 0.3) is 0 Å². The van der Waals surface area contributed by atoms with Crippen molar-refractivity contribution >= 4 is 11.6 Å². The maximum absolute atomic E-state index is 13.0. The monoisotopic (exact) mass is 379 g/mol. The summed E-state index contributed by atoms with van der Waals surface area (Å²) in [6, 6.07) is 16.9. The minimum atomic E-state index is 0.0273. The van der Waals surface area contributed by atoms with Crippen LogP contribution in [-0.2, 0) is 4.79 Å².